The van der Waals surface area contributed by atoms with E-state index in [0.29, 0.717) is 31.3 Å². The van der Waals surface area contributed by atoms with Gasteiger partial charge in [0.2, 0.25) is 5.91 Å². The number of aromatic amines is 1. The number of likely N-dealkylation sites (tertiary alicyclic amines) is 1. The number of fused-ring (bicyclic) bond motifs is 1. The van der Waals surface area contributed by atoms with Crippen LogP contribution in [0.4, 0.5) is 23.4 Å². The van der Waals surface area contributed by atoms with Crippen LogP contribution in [-0.2, 0) is 27.1 Å². The van der Waals surface area contributed by atoms with Crippen molar-refractivity contribution in [2.45, 2.75) is 50.2 Å². The van der Waals surface area contributed by atoms with E-state index >= 15 is 0 Å². The van der Waals surface area contributed by atoms with Gasteiger partial charge in [0.25, 0.3) is 0 Å². The lowest BCUT2D eigenvalue weighted by Gasteiger charge is -2.26. The zero-order valence-corrected chi connectivity index (χ0v) is 21.3. The molecule has 8 nitrogen and oxygen atoms in total. The summed E-state index contributed by atoms with van der Waals surface area (Å²) < 4.78 is 64.6. The minimum Gasteiger partial charge on any atom is -0.381 e. The number of rotatable bonds is 8. The molecular formula is C27H31F4N5O3. The second kappa shape index (κ2) is 11.9. The van der Waals surface area contributed by atoms with Crippen molar-refractivity contribution in [3.05, 3.63) is 59.4 Å². The Morgan fingerprint density at radius 3 is 2.74 bits per heavy atom. The number of carbonyl (C=O) groups is 1. The highest BCUT2D eigenvalue weighted by Crippen LogP contribution is 2.33. The number of hydrogen-bond acceptors (Lipinski definition) is 6. The summed E-state index contributed by atoms with van der Waals surface area (Å²) in [6.07, 6.45) is -1.90. The minimum absolute atomic E-state index is 0.168. The molecule has 0 bridgehead atoms. The molecule has 39 heavy (non-hydrogen) atoms. The number of aromatic nitrogens is 2. The number of benzene rings is 2. The Morgan fingerprint density at radius 1 is 1.13 bits per heavy atom. The third kappa shape index (κ3) is 6.87. The van der Waals surface area contributed by atoms with Gasteiger partial charge in [-0.3, -0.25) is 14.8 Å². The van der Waals surface area contributed by atoms with Gasteiger partial charge in [0.15, 0.2) is 5.82 Å². The molecule has 2 fully saturated rings. The molecule has 210 valence electrons. The summed E-state index contributed by atoms with van der Waals surface area (Å²) in [5.41, 5.74) is 0.465. The summed E-state index contributed by atoms with van der Waals surface area (Å²) >= 11 is 0. The topological polar surface area (TPSA) is 91.5 Å². The van der Waals surface area contributed by atoms with Gasteiger partial charge in [-0.25, -0.2) is 4.39 Å². The van der Waals surface area contributed by atoms with Gasteiger partial charge >= 0.3 is 6.18 Å². The van der Waals surface area contributed by atoms with E-state index in [2.05, 4.69) is 25.7 Å². The summed E-state index contributed by atoms with van der Waals surface area (Å²) in [7, 11) is 0. The number of H-pyrrole nitrogens is 1. The van der Waals surface area contributed by atoms with Crippen molar-refractivity contribution in [2.75, 3.05) is 38.2 Å². The van der Waals surface area contributed by atoms with Crippen molar-refractivity contribution < 1.29 is 31.8 Å². The second-order valence-corrected chi connectivity index (χ2v) is 9.98. The van der Waals surface area contributed by atoms with Crippen LogP contribution in [0.3, 0.4) is 0 Å². The predicted octanol–water partition coefficient (Wildman–Crippen LogP) is 4.09. The van der Waals surface area contributed by atoms with E-state index in [9.17, 15) is 22.4 Å². The molecule has 0 radical (unpaired) electrons. The fraction of sp³-hybridized carbons (Fsp3) is 0.481. The lowest BCUT2D eigenvalue weighted by molar-refractivity contribution is -0.137. The molecule has 3 heterocycles. The zero-order valence-electron chi connectivity index (χ0n) is 21.3. The van der Waals surface area contributed by atoms with Gasteiger partial charge in [-0.15, -0.1) is 0 Å². The van der Waals surface area contributed by atoms with E-state index in [1.807, 2.05) is 0 Å². The Bertz CT molecular complexity index is 1260. The highest BCUT2D eigenvalue weighted by Gasteiger charge is 2.38. The number of nitrogens with one attached hydrogen (secondary N) is 3. The van der Waals surface area contributed by atoms with Crippen LogP contribution in [0.15, 0.2) is 42.5 Å². The maximum Gasteiger partial charge on any atom is 0.416 e. The average molecular weight is 550 g/mol. The number of anilines is 1. The molecule has 3 N–H and O–H groups in total. The van der Waals surface area contributed by atoms with Gasteiger partial charge < -0.3 is 20.1 Å². The first kappa shape index (κ1) is 27.4. The van der Waals surface area contributed by atoms with Crippen molar-refractivity contribution in [3.8, 4) is 0 Å². The molecule has 0 saturated carbocycles. The average Bonchev–Trinajstić information content (AvgIpc) is 3.39. The predicted molar refractivity (Wildman–Crippen MR) is 137 cm³/mol. The highest BCUT2D eigenvalue weighted by atomic mass is 19.4. The fourth-order valence-electron chi connectivity index (χ4n) is 5.19. The molecule has 1 amide bonds. The van der Waals surface area contributed by atoms with E-state index in [4.69, 9.17) is 9.47 Å². The van der Waals surface area contributed by atoms with E-state index in [1.54, 1.807) is 12.1 Å². The number of ether oxygens (including phenoxy) is 2. The SMILES string of the molecule is O=C(CNc1n[nH]c2ccc(C(F)(F)F)cc12)NC1CN(C2CCCOCC2)C[C@@H]1OCc1ccc(F)cc1. The summed E-state index contributed by atoms with van der Waals surface area (Å²) in [4.78, 5) is 15.2. The molecule has 2 aliphatic rings. The molecule has 2 saturated heterocycles. The number of nitrogens with zero attached hydrogens (tertiary/aromatic N) is 2. The maximum atomic E-state index is 13.3. The molecule has 2 unspecified atom stereocenters. The number of amides is 1. The minimum atomic E-state index is -4.49. The van der Waals surface area contributed by atoms with Crippen LogP contribution >= 0.6 is 0 Å². The molecule has 3 aromatic rings. The first-order chi connectivity index (χ1) is 18.8. The Kier molecular flexibility index (Phi) is 8.34. The summed E-state index contributed by atoms with van der Waals surface area (Å²) in [6, 6.07) is 9.42. The van der Waals surface area contributed by atoms with Gasteiger partial charge in [0.1, 0.15) is 5.82 Å². The van der Waals surface area contributed by atoms with Crippen LogP contribution in [0.1, 0.15) is 30.4 Å². The van der Waals surface area contributed by atoms with Crippen molar-refractivity contribution in [3.63, 3.8) is 0 Å². The van der Waals surface area contributed by atoms with Crippen molar-refractivity contribution in [1.82, 2.24) is 20.4 Å². The van der Waals surface area contributed by atoms with Gasteiger partial charge in [0, 0.05) is 37.7 Å². The highest BCUT2D eigenvalue weighted by molar-refractivity contribution is 5.92. The molecule has 0 aliphatic carbocycles. The Labute approximate surface area is 223 Å². The maximum absolute atomic E-state index is 13.3. The number of hydrogen-bond donors (Lipinski definition) is 3. The lowest BCUT2D eigenvalue weighted by atomic mass is 10.1. The first-order valence-electron chi connectivity index (χ1n) is 13.0. The summed E-state index contributed by atoms with van der Waals surface area (Å²) in [5, 5.41) is 12.8. The molecule has 3 atom stereocenters. The molecule has 2 aromatic carbocycles. The number of halogens is 4. The van der Waals surface area contributed by atoms with Gasteiger partial charge in [-0.1, -0.05) is 12.1 Å². The van der Waals surface area contributed by atoms with E-state index in [-0.39, 0.29) is 48.2 Å². The third-order valence-electron chi connectivity index (χ3n) is 7.26. The summed E-state index contributed by atoms with van der Waals surface area (Å²) in [5.74, 6) is -0.482. The van der Waals surface area contributed by atoms with Crippen LogP contribution in [0.2, 0.25) is 0 Å². The van der Waals surface area contributed by atoms with Crippen LogP contribution in [0, 0.1) is 5.82 Å². The standard InChI is InChI=1S/C27H31F4N5O3/c28-19-6-3-17(4-7-19)16-39-24-15-36(20-2-1-10-38-11-9-20)14-23(24)33-25(37)13-32-26-21-12-18(27(29,30)31)5-8-22(21)34-35-26/h3-8,12,20,23-24H,1-2,9-11,13-16H2,(H,33,37)(H2,32,34,35)/t20?,23?,24-/m0/s1. The quantitative estimate of drug-likeness (QED) is 0.367. The van der Waals surface area contributed by atoms with E-state index < -0.39 is 11.7 Å². The fourth-order valence-corrected chi connectivity index (χ4v) is 5.19. The van der Waals surface area contributed by atoms with Gasteiger partial charge in [0.05, 0.1) is 36.4 Å². The molecule has 1 aromatic heterocycles. The molecular weight excluding hydrogens is 518 g/mol. The van der Waals surface area contributed by atoms with Crippen molar-refractivity contribution >= 4 is 22.6 Å². The molecule has 2 aliphatic heterocycles. The Morgan fingerprint density at radius 2 is 1.95 bits per heavy atom. The van der Waals surface area contributed by atoms with Crippen LogP contribution < -0.4 is 10.6 Å². The molecule has 5 rings (SSSR count). The largest absolute Gasteiger partial charge is 0.416 e. The van der Waals surface area contributed by atoms with E-state index in [0.717, 1.165) is 43.6 Å². The van der Waals surface area contributed by atoms with Gasteiger partial charge in [-0.05, 0) is 55.2 Å². The Hall–Kier alpha value is -3.22. The first-order valence-corrected chi connectivity index (χ1v) is 13.0. The van der Waals surface area contributed by atoms with Crippen LogP contribution in [-0.4, -0.2) is 72.0 Å². The smallest absolute Gasteiger partial charge is 0.381 e. The van der Waals surface area contributed by atoms with Crippen LogP contribution in [0.25, 0.3) is 10.9 Å². The second-order valence-electron chi connectivity index (χ2n) is 9.98. The normalized spacial score (nSPS) is 22.6. The third-order valence-corrected chi connectivity index (χ3v) is 7.26. The Balaban J connectivity index is 1.23. The molecule has 12 heteroatoms. The lowest BCUT2D eigenvalue weighted by Crippen LogP contribution is -2.46. The number of carbonyl (C=O) groups excluding carboxylic acids is 1. The molecule has 0 spiro atoms. The zero-order chi connectivity index (χ0) is 27.4. The monoisotopic (exact) mass is 549 g/mol. The van der Waals surface area contributed by atoms with Crippen LogP contribution in [0.5, 0.6) is 0 Å². The van der Waals surface area contributed by atoms with Crippen molar-refractivity contribution in [2.24, 2.45) is 0 Å². The number of alkyl halides is 3. The van der Waals surface area contributed by atoms with E-state index in [1.165, 1.54) is 18.2 Å². The van der Waals surface area contributed by atoms with Gasteiger partial charge in [-0.2, -0.15) is 18.3 Å². The summed E-state index contributed by atoms with van der Waals surface area (Å²) in [6.45, 7) is 2.77. The van der Waals surface area contributed by atoms with Crippen molar-refractivity contribution in [1.29, 1.82) is 0 Å².